The van der Waals surface area contributed by atoms with Gasteiger partial charge >= 0.3 is 6.01 Å². The van der Waals surface area contributed by atoms with E-state index in [2.05, 4.69) is 41.3 Å². The molecule has 0 bridgehead atoms. The average molecular weight is 605 g/mol. The van der Waals surface area contributed by atoms with Crippen molar-refractivity contribution in [3.63, 3.8) is 0 Å². The van der Waals surface area contributed by atoms with Crippen LogP contribution in [0.2, 0.25) is 5.02 Å². The van der Waals surface area contributed by atoms with Gasteiger partial charge in [-0.25, -0.2) is 4.39 Å². The number of carbonyl (C=O) groups is 1. The molecule has 43 heavy (non-hydrogen) atoms. The SMILES string of the molecule is C=C(F)C(=O)N1CCN(c2nc(OCCN(C)C(C)C)nc3c2CCN(c2cncc4cccc(Cl)c24)C3)C=C1CC#N. The predicted octanol–water partition coefficient (Wildman–Crippen LogP) is 4.85. The normalized spacial score (nSPS) is 15.0. The van der Waals surface area contributed by atoms with Crippen LogP contribution >= 0.6 is 11.6 Å². The molecule has 1 aromatic carbocycles. The summed E-state index contributed by atoms with van der Waals surface area (Å²) in [6, 6.07) is 8.45. The number of allylic oxidation sites excluding steroid dienone is 1. The van der Waals surface area contributed by atoms with Crippen molar-refractivity contribution in [2.75, 3.05) is 49.6 Å². The van der Waals surface area contributed by atoms with Gasteiger partial charge in [-0.05, 0) is 33.4 Å². The number of amides is 1. The second-order valence-electron chi connectivity index (χ2n) is 10.9. The molecule has 0 saturated heterocycles. The van der Waals surface area contributed by atoms with Gasteiger partial charge in [-0.15, -0.1) is 0 Å². The highest BCUT2D eigenvalue weighted by atomic mass is 35.5. The fourth-order valence-electron chi connectivity index (χ4n) is 5.28. The summed E-state index contributed by atoms with van der Waals surface area (Å²) in [4.78, 5) is 34.1. The summed E-state index contributed by atoms with van der Waals surface area (Å²) in [5, 5.41) is 12.0. The number of likely N-dealkylation sites (N-methyl/N-ethyl adjacent to an activating group) is 1. The van der Waals surface area contributed by atoms with E-state index in [4.69, 9.17) is 26.3 Å². The minimum atomic E-state index is -1.07. The molecule has 0 fully saturated rings. The number of nitrogens with zero attached hydrogens (tertiary/aromatic N) is 8. The maximum atomic E-state index is 13.7. The van der Waals surface area contributed by atoms with Crippen LogP contribution in [0.25, 0.3) is 10.8 Å². The van der Waals surface area contributed by atoms with Gasteiger partial charge in [0.2, 0.25) is 0 Å². The number of aromatic nitrogens is 3. The van der Waals surface area contributed by atoms with Crippen LogP contribution in [0.5, 0.6) is 6.01 Å². The lowest BCUT2D eigenvalue weighted by atomic mass is 10.0. The Kier molecular flexibility index (Phi) is 9.08. The summed E-state index contributed by atoms with van der Waals surface area (Å²) < 4.78 is 19.8. The zero-order valence-electron chi connectivity index (χ0n) is 24.6. The largest absolute Gasteiger partial charge is 0.462 e. The minimum Gasteiger partial charge on any atom is -0.462 e. The summed E-state index contributed by atoms with van der Waals surface area (Å²) in [6.07, 6.45) is 5.87. The third kappa shape index (κ3) is 6.40. The number of hydrogen-bond acceptors (Lipinski definition) is 9. The summed E-state index contributed by atoms with van der Waals surface area (Å²) >= 11 is 6.63. The molecule has 2 aromatic heterocycles. The lowest BCUT2D eigenvalue weighted by Gasteiger charge is -2.36. The van der Waals surface area contributed by atoms with Gasteiger partial charge in [-0.3, -0.25) is 9.78 Å². The molecular formula is C31H34ClFN8O2. The third-order valence-corrected chi connectivity index (χ3v) is 8.17. The molecular weight excluding hydrogens is 571 g/mol. The van der Waals surface area contributed by atoms with E-state index in [1.807, 2.05) is 36.3 Å². The average Bonchev–Trinajstić information content (AvgIpc) is 3.00. The van der Waals surface area contributed by atoms with Crippen LogP contribution in [0, 0.1) is 11.3 Å². The molecule has 5 rings (SSSR count). The lowest BCUT2D eigenvalue weighted by molar-refractivity contribution is -0.126. The molecule has 2 aliphatic rings. The zero-order valence-corrected chi connectivity index (χ0v) is 25.3. The zero-order chi connectivity index (χ0) is 30.7. The first-order valence-corrected chi connectivity index (χ1v) is 14.6. The minimum absolute atomic E-state index is 0.0731. The van der Waals surface area contributed by atoms with Crippen molar-refractivity contribution in [3.05, 3.63) is 71.2 Å². The summed E-state index contributed by atoms with van der Waals surface area (Å²) in [5.74, 6) is -1.27. The maximum Gasteiger partial charge on any atom is 0.318 e. The van der Waals surface area contributed by atoms with E-state index in [9.17, 15) is 14.4 Å². The molecule has 1 amide bonds. The molecule has 3 aromatic rings. The summed E-state index contributed by atoms with van der Waals surface area (Å²) in [5.41, 5.74) is 3.05. The van der Waals surface area contributed by atoms with Crippen molar-refractivity contribution in [1.82, 2.24) is 24.8 Å². The van der Waals surface area contributed by atoms with Crippen LogP contribution in [-0.4, -0.2) is 76.5 Å². The molecule has 0 N–H and O–H groups in total. The molecule has 0 aliphatic carbocycles. The van der Waals surface area contributed by atoms with Gasteiger partial charge < -0.3 is 24.3 Å². The van der Waals surface area contributed by atoms with Crippen molar-refractivity contribution in [2.24, 2.45) is 0 Å². The van der Waals surface area contributed by atoms with E-state index in [1.165, 1.54) is 4.90 Å². The van der Waals surface area contributed by atoms with Crippen LogP contribution in [0.3, 0.4) is 0 Å². The van der Waals surface area contributed by atoms with Crippen LogP contribution in [-0.2, 0) is 17.8 Å². The molecule has 0 spiro atoms. The van der Waals surface area contributed by atoms with Gasteiger partial charge in [0.05, 0.1) is 47.3 Å². The number of nitriles is 1. The third-order valence-electron chi connectivity index (χ3n) is 7.86. The van der Waals surface area contributed by atoms with E-state index in [0.717, 1.165) is 27.7 Å². The highest BCUT2D eigenvalue weighted by Crippen LogP contribution is 2.37. The van der Waals surface area contributed by atoms with E-state index in [-0.39, 0.29) is 19.0 Å². The molecule has 224 valence electrons. The first-order chi connectivity index (χ1) is 20.7. The van der Waals surface area contributed by atoms with Crippen LogP contribution < -0.4 is 14.5 Å². The number of pyridine rings is 1. The Labute approximate surface area is 255 Å². The molecule has 12 heteroatoms. The number of carbonyl (C=O) groups excluding carboxylic acids is 1. The van der Waals surface area contributed by atoms with Gasteiger partial charge in [-0.1, -0.05) is 30.3 Å². The van der Waals surface area contributed by atoms with Crippen molar-refractivity contribution >= 4 is 39.8 Å². The fraction of sp³-hybridized carbons (Fsp3) is 0.387. The Morgan fingerprint density at radius 2 is 2.07 bits per heavy atom. The number of anilines is 2. The summed E-state index contributed by atoms with van der Waals surface area (Å²) in [7, 11) is 2.03. The smallest absolute Gasteiger partial charge is 0.318 e. The van der Waals surface area contributed by atoms with Crippen LogP contribution in [0.1, 0.15) is 31.5 Å². The maximum absolute atomic E-state index is 13.7. The van der Waals surface area contributed by atoms with E-state index in [1.54, 1.807) is 12.4 Å². The number of ether oxygens (including phenoxy) is 1. The Hall–Kier alpha value is -4.27. The standard InChI is InChI=1S/C31H34ClFN8O2/c1-20(2)38(4)14-15-43-31-36-26-19-39(27-17-35-16-22-6-5-7-25(32)28(22)27)11-9-24(26)29(37-31)40-12-13-41(30(42)21(3)33)23(18-40)8-10-34/h5-7,16-18,20H,3,8-9,11-15,19H2,1-2,4H3. The predicted molar refractivity (Wildman–Crippen MR) is 164 cm³/mol. The number of fused-ring (bicyclic) bond motifs is 2. The van der Waals surface area contributed by atoms with Crippen molar-refractivity contribution in [3.8, 4) is 12.1 Å². The Morgan fingerprint density at radius 1 is 1.26 bits per heavy atom. The molecule has 0 saturated carbocycles. The number of halogens is 2. The van der Waals surface area contributed by atoms with E-state index < -0.39 is 11.7 Å². The highest BCUT2D eigenvalue weighted by Gasteiger charge is 2.31. The van der Waals surface area contributed by atoms with Crippen molar-refractivity contribution < 1.29 is 13.9 Å². The van der Waals surface area contributed by atoms with Crippen LogP contribution in [0.15, 0.2) is 54.9 Å². The molecule has 10 nitrogen and oxygen atoms in total. The molecule has 2 aliphatic heterocycles. The lowest BCUT2D eigenvalue weighted by Crippen LogP contribution is -2.43. The van der Waals surface area contributed by atoms with Gasteiger partial charge in [0, 0.05) is 61.0 Å². The second kappa shape index (κ2) is 12.9. The molecule has 0 atom stereocenters. The van der Waals surface area contributed by atoms with Crippen molar-refractivity contribution in [2.45, 2.75) is 39.3 Å². The van der Waals surface area contributed by atoms with Crippen LogP contribution in [0.4, 0.5) is 15.9 Å². The van der Waals surface area contributed by atoms with Gasteiger partial charge in [0.25, 0.3) is 5.91 Å². The van der Waals surface area contributed by atoms with Crippen molar-refractivity contribution in [1.29, 1.82) is 5.26 Å². The Morgan fingerprint density at radius 3 is 2.81 bits per heavy atom. The summed E-state index contributed by atoms with van der Waals surface area (Å²) in [6.45, 7) is 10.1. The molecule has 4 heterocycles. The first-order valence-electron chi connectivity index (χ1n) is 14.2. The topological polar surface area (TPSA) is 102 Å². The fourth-order valence-corrected chi connectivity index (χ4v) is 5.56. The second-order valence-corrected chi connectivity index (χ2v) is 11.3. The number of hydrogen-bond donors (Lipinski definition) is 0. The Bertz CT molecular complexity index is 1620. The van der Waals surface area contributed by atoms with E-state index in [0.29, 0.717) is 61.8 Å². The van der Waals surface area contributed by atoms with Gasteiger partial charge in [0.1, 0.15) is 12.4 Å². The number of benzene rings is 1. The van der Waals surface area contributed by atoms with E-state index >= 15 is 0 Å². The Balaban J connectivity index is 1.52. The van der Waals surface area contributed by atoms with Gasteiger partial charge in [0.15, 0.2) is 5.83 Å². The monoisotopic (exact) mass is 604 g/mol. The molecule has 0 radical (unpaired) electrons. The first kappa shape index (κ1) is 30.2. The van der Waals surface area contributed by atoms with Gasteiger partial charge in [-0.2, -0.15) is 15.2 Å². The highest BCUT2D eigenvalue weighted by molar-refractivity contribution is 6.36. The number of rotatable bonds is 9. The molecule has 0 unspecified atom stereocenters. The quantitative estimate of drug-likeness (QED) is 0.317.